The van der Waals surface area contributed by atoms with Gasteiger partial charge in [-0.3, -0.25) is 9.48 Å². The number of rotatable bonds is 4. The van der Waals surface area contributed by atoms with Crippen molar-refractivity contribution in [2.45, 2.75) is 52.0 Å². The zero-order chi connectivity index (χ0) is 16.4. The minimum atomic E-state index is 0.0319. The van der Waals surface area contributed by atoms with Crippen LogP contribution in [0.1, 0.15) is 56.5 Å². The van der Waals surface area contributed by atoms with Crippen LogP contribution in [0.5, 0.6) is 0 Å². The van der Waals surface area contributed by atoms with Gasteiger partial charge in [0.25, 0.3) is 0 Å². The van der Waals surface area contributed by atoms with E-state index in [9.17, 15) is 4.79 Å². The van der Waals surface area contributed by atoms with Crippen LogP contribution in [-0.4, -0.2) is 32.3 Å². The number of piperidine rings is 1. The van der Waals surface area contributed by atoms with Gasteiger partial charge in [0.2, 0.25) is 5.91 Å². The summed E-state index contributed by atoms with van der Waals surface area (Å²) in [4.78, 5) is 14.5. The number of nitrogens with zero attached hydrogens (tertiary/aromatic N) is 4. The Morgan fingerprint density at radius 2 is 2.26 bits per heavy atom. The summed E-state index contributed by atoms with van der Waals surface area (Å²) in [6.07, 6.45) is 6.55. The largest absolute Gasteiger partial charge is 0.356 e. The van der Waals surface area contributed by atoms with Crippen LogP contribution in [0.15, 0.2) is 16.8 Å². The Labute approximate surface area is 136 Å². The Morgan fingerprint density at radius 3 is 2.96 bits per heavy atom. The van der Waals surface area contributed by atoms with Gasteiger partial charge in [0.1, 0.15) is 0 Å². The minimum absolute atomic E-state index is 0.0319. The molecule has 0 aliphatic carbocycles. The highest BCUT2D eigenvalue weighted by molar-refractivity contribution is 5.77. The van der Waals surface area contributed by atoms with Gasteiger partial charge in [-0.2, -0.15) is 5.10 Å². The standard InChI is InChI=1S/C17H24N4O2/c1-4-7-16(22)21-9-6-5-8-14(21)17-13(11-20(3)18-17)15-10-12(2)19-23-15/h10-11,14H,4-9H2,1-3H3. The van der Waals surface area contributed by atoms with Crippen LogP contribution in [0.4, 0.5) is 0 Å². The average Bonchev–Trinajstić information content (AvgIpc) is 3.13. The van der Waals surface area contributed by atoms with Crippen molar-refractivity contribution in [3.8, 4) is 11.3 Å². The first-order valence-corrected chi connectivity index (χ1v) is 8.37. The fraction of sp³-hybridized carbons (Fsp3) is 0.588. The second-order valence-corrected chi connectivity index (χ2v) is 6.28. The first-order valence-electron chi connectivity index (χ1n) is 8.37. The first-order chi connectivity index (χ1) is 11.1. The number of carbonyl (C=O) groups excluding carboxylic acids is 1. The molecule has 0 saturated carbocycles. The molecule has 124 valence electrons. The summed E-state index contributed by atoms with van der Waals surface area (Å²) in [6.45, 7) is 4.76. The van der Waals surface area contributed by atoms with Crippen molar-refractivity contribution >= 4 is 5.91 Å². The third kappa shape index (κ3) is 3.16. The SMILES string of the molecule is CCCC(=O)N1CCCCC1c1nn(C)cc1-c1cc(C)no1. The van der Waals surface area contributed by atoms with Crippen molar-refractivity contribution in [1.82, 2.24) is 19.8 Å². The van der Waals surface area contributed by atoms with E-state index in [2.05, 4.69) is 10.3 Å². The van der Waals surface area contributed by atoms with E-state index in [-0.39, 0.29) is 11.9 Å². The summed E-state index contributed by atoms with van der Waals surface area (Å²) in [6, 6.07) is 1.95. The van der Waals surface area contributed by atoms with E-state index in [1.807, 2.05) is 38.1 Å². The molecule has 6 heteroatoms. The maximum Gasteiger partial charge on any atom is 0.223 e. The molecule has 6 nitrogen and oxygen atoms in total. The van der Waals surface area contributed by atoms with E-state index < -0.39 is 0 Å². The molecule has 1 aliphatic heterocycles. The molecule has 0 bridgehead atoms. The first kappa shape index (κ1) is 15.8. The summed E-state index contributed by atoms with van der Waals surface area (Å²) in [5.41, 5.74) is 2.71. The van der Waals surface area contributed by atoms with Crippen LogP contribution in [0.25, 0.3) is 11.3 Å². The zero-order valence-electron chi connectivity index (χ0n) is 14.1. The van der Waals surface area contributed by atoms with Gasteiger partial charge in [-0.15, -0.1) is 0 Å². The molecule has 0 spiro atoms. The molecule has 1 fully saturated rings. The maximum atomic E-state index is 12.5. The lowest BCUT2D eigenvalue weighted by Crippen LogP contribution is -2.38. The highest BCUT2D eigenvalue weighted by Crippen LogP contribution is 2.36. The van der Waals surface area contributed by atoms with Gasteiger partial charge >= 0.3 is 0 Å². The van der Waals surface area contributed by atoms with Gasteiger partial charge in [-0.1, -0.05) is 12.1 Å². The molecule has 3 rings (SSSR count). The average molecular weight is 316 g/mol. The monoisotopic (exact) mass is 316 g/mol. The van der Waals surface area contributed by atoms with Crippen molar-refractivity contribution in [2.24, 2.45) is 7.05 Å². The molecule has 2 aromatic heterocycles. The third-order valence-electron chi connectivity index (χ3n) is 4.35. The molecular weight excluding hydrogens is 292 g/mol. The van der Waals surface area contributed by atoms with E-state index in [4.69, 9.17) is 4.52 Å². The summed E-state index contributed by atoms with van der Waals surface area (Å²) < 4.78 is 7.22. The second-order valence-electron chi connectivity index (χ2n) is 6.28. The second kappa shape index (κ2) is 6.56. The predicted molar refractivity (Wildman–Crippen MR) is 86.7 cm³/mol. The molecule has 2 aromatic rings. The summed E-state index contributed by atoms with van der Waals surface area (Å²) in [5.74, 6) is 0.946. The molecule has 0 aromatic carbocycles. The summed E-state index contributed by atoms with van der Waals surface area (Å²) >= 11 is 0. The Kier molecular flexibility index (Phi) is 4.50. The van der Waals surface area contributed by atoms with Gasteiger partial charge in [0, 0.05) is 32.3 Å². The molecule has 23 heavy (non-hydrogen) atoms. The highest BCUT2D eigenvalue weighted by atomic mass is 16.5. The van der Waals surface area contributed by atoms with Gasteiger partial charge in [-0.25, -0.2) is 0 Å². The molecule has 0 radical (unpaired) electrons. The number of hydrogen-bond donors (Lipinski definition) is 0. The number of aromatic nitrogens is 3. The van der Waals surface area contributed by atoms with E-state index in [0.717, 1.165) is 54.9 Å². The highest BCUT2D eigenvalue weighted by Gasteiger charge is 2.32. The van der Waals surface area contributed by atoms with Gasteiger partial charge in [-0.05, 0) is 32.6 Å². The van der Waals surface area contributed by atoms with Crippen molar-refractivity contribution < 1.29 is 9.32 Å². The maximum absolute atomic E-state index is 12.5. The van der Waals surface area contributed by atoms with Gasteiger partial charge < -0.3 is 9.42 Å². The third-order valence-corrected chi connectivity index (χ3v) is 4.35. The Balaban J connectivity index is 1.97. The van der Waals surface area contributed by atoms with E-state index in [0.29, 0.717) is 6.42 Å². The van der Waals surface area contributed by atoms with Crippen molar-refractivity contribution in [3.05, 3.63) is 23.7 Å². The molecule has 1 unspecified atom stereocenters. The summed E-state index contributed by atoms with van der Waals surface area (Å²) in [5, 5.41) is 8.63. The van der Waals surface area contributed by atoms with E-state index >= 15 is 0 Å². The zero-order valence-corrected chi connectivity index (χ0v) is 14.1. The van der Waals surface area contributed by atoms with Crippen molar-refractivity contribution in [1.29, 1.82) is 0 Å². The number of likely N-dealkylation sites (tertiary alicyclic amines) is 1. The van der Waals surface area contributed by atoms with Crippen LogP contribution in [-0.2, 0) is 11.8 Å². The molecular formula is C17H24N4O2. The number of carbonyl (C=O) groups is 1. The molecule has 0 N–H and O–H groups in total. The number of hydrogen-bond acceptors (Lipinski definition) is 4. The van der Waals surface area contributed by atoms with Gasteiger partial charge in [0.05, 0.1) is 23.0 Å². The van der Waals surface area contributed by atoms with E-state index in [1.165, 1.54) is 0 Å². The fourth-order valence-corrected chi connectivity index (χ4v) is 3.30. The number of amides is 1. The normalized spacial score (nSPS) is 18.4. The summed E-state index contributed by atoms with van der Waals surface area (Å²) in [7, 11) is 1.90. The fourth-order valence-electron chi connectivity index (χ4n) is 3.30. The molecule has 3 heterocycles. The van der Waals surface area contributed by atoms with Gasteiger partial charge in [0.15, 0.2) is 5.76 Å². The van der Waals surface area contributed by atoms with E-state index in [1.54, 1.807) is 4.68 Å². The predicted octanol–water partition coefficient (Wildman–Crippen LogP) is 3.24. The molecule has 1 amide bonds. The Hall–Kier alpha value is -2.11. The van der Waals surface area contributed by atoms with Crippen LogP contribution in [0, 0.1) is 6.92 Å². The van der Waals surface area contributed by atoms with Crippen LogP contribution in [0.2, 0.25) is 0 Å². The smallest absolute Gasteiger partial charge is 0.223 e. The Morgan fingerprint density at radius 1 is 1.43 bits per heavy atom. The minimum Gasteiger partial charge on any atom is -0.356 e. The molecule has 1 saturated heterocycles. The molecule has 1 aliphatic rings. The van der Waals surface area contributed by atoms with Crippen molar-refractivity contribution in [2.75, 3.05) is 6.54 Å². The lowest BCUT2D eigenvalue weighted by Gasteiger charge is -2.35. The topological polar surface area (TPSA) is 64.2 Å². The quantitative estimate of drug-likeness (QED) is 0.868. The Bertz CT molecular complexity index is 689. The number of aryl methyl sites for hydroxylation is 2. The van der Waals surface area contributed by atoms with Crippen molar-refractivity contribution in [3.63, 3.8) is 0 Å². The lowest BCUT2D eigenvalue weighted by atomic mass is 9.96. The lowest BCUT2D eigenvalue weighted by molar-refractivity contribution is -0.135. The van der Waals surface area contributed by atoms with Crippen LogP contribution >= 0.6 is 0 Å². The van der Waals surface area contributed by atoms with Crippen LogP contribution in [0.3, 0.4) is 0 Å². The molecule has 1 atom stereocenters. The van der Waals surface area contributed by atoms with Crippen LogP contribution < -0.4 is 0 Å².